The molecule has 0 saturated heterocycles. The fourth-order valence-corrected chi connectivity index (χ4v) is 1.47. The van der Waals surface area contributed by atoms with Crippen LogP contribution in [0.15, 0.2) is 12.1 Å². The van der Waals surface area contributed by atoms with Crippen molar-refractivity contribution in [1.29, 1.82) is 0 Å². The second-order valence-electron chi connectivity index (χ2n) is 3.83. The molecule has 17 heavy (non-hydrogen) atoms. The Morgan fingerprint density at radius 2 is 2.24 bits per heavy atom. The number of H-pyrrole nitrogens is 1. The molecule has 0 spiro atoms. The van der Waals surface area contributed by atoms with Crippen LogP contribution in [-0.2, 0) is 0 Å². The molecule has 0 bridgehead atoms. The van der Waals surface area contributed by atoms with Gasteiger partial charge in [0.25, 0.3) is 5.91 Å². The highest BCUT2D eigenvalue weighted by Gasteiger charge is 2.23. The molecule has 0 fully saturated rings. The van der Waals surface area contributed by atoms with E-state index in [1.54, 1.807) is 0 Å². The number of nitrogens with zero attached hydrogens (tertiary/aromatic N) is 2. The summed E-state index contributed by atoms with van der Waals surface area (Å²) in [4.78, 5) is 25.7. The van der Waals surface area contributed by atoms with Crippen LogP contribution in [0.3, 0.4) is 0 Å². The van der Waals surface area contributed by atoms with Crippen LogP contribution < -0.4 is 0 Å². The van der Waals surface area contributed by atoms with Gasteiger partial charge in [-0.05, 0) is 24.8 Å². The monoisotopic (exact) mass is 241 g/mol. The van der Waals surface area contributed by atoms with E-state index in [0.717, 1.165) is 0 Å². The standard InChI is InChI=1S/C10H15N3O4/c1-7(2)12(5-6-14)10(15)8-3-4-9(11-8)13(16)17/h3-4,7,11,14H,5-6H2,1-2H3. The lowest BCUT2D eigenvalue weighted by Crippen LogP contribution is -2.39. The van der Waals surface area contributed by atoms with Crippen LogP contribution in [0.1, 0.15) is 24.3 Å². The molecule has 94 valence electrons. The van der Waals surface area contributed by atoms with Crippen molar-refractivity contribution in [1.82, 2.24) is 9.88 Å². The van der Waals surface area contributed by atoms with Gasteiger partial charge in [-0.2, -0.15) is 0 Å². The lowest BCUT2D eigenvalue weighted by molar-refractivity contribution is -0.389. The minimum Gasteiger partial charge on any atom is -0.395 e. The zero-order chi connectivity index (χ0) is 13.0. The molecule has 0 aliphatic rings. The number of rotatable bonds is 5. The predicted octanol–water partition coefficient (Wildman–Crippen LogP) is 0.766. The Morgan fingerprint density at radius 1 is 1.59 bits per heavy atom. The SMILES string of the molecule is CC(C)N(CCO)C(=O)c1ccc([N+](=O)[O-])[nH]1. The number of carbonyl (C=O) groups excluding carboxylic acids is 1. The first-order valence-corrected chi connectivity index (χ1v) is 5.22. The number of nitro groups is 1. The first-order valence-electron chi connectivity index (χ1n) is 5.22. The van der Waals surface area contributed by atoms with E-state index in [0.29, 0.717) is 0 Å². The molecule has 1 heterocycles. The van der Waals surface area contributed by atoms with Gasteiger partial charge in [0.1, 0.15) is 0 Å². The number of nitrogens with one attached hydrogen (secondary N) is 1. The largest absolute Gasteiger partial charge is 0.395 e. The van der Waals surface area contributed by atoms with Gasteiger partial charge in [0.05, 0.1) is 6.61 Å². The van der Waals surface area contributed by atoms with Crippen molar-refractivity contribution in [3.05, 3.63) is 27.9 Å². The molecular formula is C10H15N3O4. The van der Waals surface area contributed by atoms with Crippen molar-refractivity contribution >= 4 is 11.7 Å². The molecule has 2 N–H and O–H groups in total. The van der Waals surface area contributed by atoms with E-state index < -0.39 is 4.92 Å². The van der Waals surface area contributed by atoms with Gasteiger partial charge in [-0.1, -0.05) is 0 Å². The summed E-state index contributed by atoms with van der Waals surface area (Å²) in [6.45, 7) is 3.67. The normalized spacial score (nSPS) is 10.6. The zero-order valence-corrected chi connectivity index (χ0v) is 9.71. The Hall–Kier alpha value is -1.89. The number of aromatic amines is 1. The molecule has 0 unspecified atom stereocenters. The lowest BCUT2D eigenvalue weighted by atomic mass is 10.2. The highest BCUT2D eigenvalue weighted by atomic mass is 16.6. The predicted molar refractivity (Wildman–Crippen MR) is 60.7 cm³/mol. The maximum absolute atomic E-state index is 12.0. The van der Waals surface area contributed by atoms with E-state index in [-0.39, 0.29) is 36.6 Å². The number of hydrogen-bond acceptors (Lipinski definition) is 4. The van der Waals surface area contributed by atoms with Crippen LogP contribution in [0, 0.1) is 10.1 Å². The van der Waals surface area contributed by atoms with Gasteiger partial charge in [-0.25, -0.2) is 4.98 Å². The van der Waals surface area contributed by atoms with Crippen molar-refractivity contribution in [3.63, 3.8) is 0 Å². The second kappa shape index (κ2) is 5.44. The molecule has 0 aromatic carbocycles. The van der Waals surface area contributed by atoms with Gasteiger partial charge in [-0.15, -0.1) is 0 Å². The molecule has 1 rings (SSSR count). The molecule has 1 amide bonds. The van der Waals surface area contributed by atoms with Crippen LogP contribution in [0.2, 0.25) is 0 Å². The molecule has 1 aromatic heterocycles. The Morgan fingerprint density at radius 3 is 2.65 bits per heavy atom. The summed E-state index contributed by atoms with van der Waals surface area (Å²) in [5.74, 6) is -0.580. The van der Waals surface area contributed by atoms with E-state index >= 15 is 0 Å². The van der Waals surface area contributed by atoms with Crippen molar-refractivity contribution in [2.75, 3.05) is 13.2 Å². The van der Waals surface area contributed by atoms with Gasteiger partial charge in [-0.3, -0.25) is 4.79 Å². The number of aromatic nitrogens is 1. The average molecular weight is 241 g/mol. The van der Waals surface area contributed by atoms with Crippen LogP contribution in [0.4, 0.5) is 5.82 Å². The summed E-state index contributed by atoms with van der Waals surface area (Å²) in [6.07, 6.45) is 0. The number of carbonyl (C=O) groups is 1. The zero-order valence-electron chi connectivity index (χ0n) is 9.71. The van der Waals surface area contributed by atoms with Gasteiger partial charge < -0.3 is 20.1 Å². The summed E-state index contributed by atoms with van der Waals surface area (Å²) < 4.78 is 0. The summed E-state index contributed by atoms with van der Waals surface area (Å²) in [7, 11) is 0. The molecule has 0 atom stereocenters. The smallest absolute Gasteiger partial charge is 0.321 e. The molecule has 0 saturated carbocycles. The number of amides is 1. The minimum absolute atomic E-state index is 0.0861. The van der Waals surface area contributed by atoms with Crippen LogP contribution >= 0.6 is 0 Å². The molecule has 7 nitrogen and oxygen atoms in total. The van der Waals surface area contributed by atoms with E-state index in [1.165, 1.54) is 17.0 Å². The third-order valence-electron chi connectivity index (χ3n) is 2.32. The van der Waals surface area contributed by atoms with Crippen molar-refractivity contribution in [2.24, 2.45) is 0 Å². The number of aliphatic hydroxyl groups excluding tert-OH is 1. The molecule has 0 radical (unpaired) electrons. The lowest BCUT2D eigenvalue weighted by Gasteiger charge is -2.24. The van der Waals surface area contributed by atoms with Crippen molar-refractivity contribution < 1.29 is 14.8 Å². The summed E-state index contributed by atoms with van der Waals surface area (Å²) in [6, 6.07) is 2.52. The Balaban J connectivity index is 2.89. The number of aliphatic hydroxyl groups is 1. The summed E-state index contributed by atoms with van der Waals surface area (Å²) in [5, 5.41) is 19.3. The molecule has 1 aromatic rings. The minimum atomic E-state index is -0.595. The Labute approximate surface area is 98.2 Å². The van der Waals surface area contributed by atoms with Gasteiger partial charge >= 0.3 is 5.82 Å². The fourth-order valence-electron chi connectivity index (χ4n) is 1.47. The van der Waals surface area contributed by atoms with E-state index in [2.05, 4.69) is 4.98 Å². The Kier molecular flexibility index (Phi) is 4.22. The molecule has 7 heteroatoms. The topological polar surface area (TPSA) is 99.5 Å². The molecular weight excluding hydrogens is 226 g/mol. The van der Waals surface area contributed by atoms with Crippen LogP contribution in [0.25, 0.3) is 0 Å². The first kappa shape index (κ1) is 13.2. The Bertz CT molecular complexity index is 413. The fraction of sp³-hybridized carbons (Fsp3) is 0.500. The summed E-state index contributed by atoms with van der Waals surface area (Å²) in [5.41, 5.74) is 0.152. The highest BCUT2D eigenvalue weighted by molar-refractivity contribution is 5.93. The quantitative estimate of drug-likeness (QED) is 0.587. The molecule has 0 aliphatic carbocycles. The maximum Gasteiger partial charge on any atom is 0.321 e. The van der Waals surface area contributed by atoms with Gasteiger partial charge in [0.2, 0.25) is 0 Å². The third kappa shape index (κ3) is 3.04. The molecule has 0 aliphatic heterocycles. The average Bonchev–Trinajstić information content (AvgIpc) is 2.73. The maximum atomic E-state index is 12.0. The van der Waals surface area contributed by atoms with Gasteiger partial charge in [0.15, 0.2) is 5.69 Å². The highest BCUT2D eigenvalue weighted by Crippen LogP contribution is 2.13. The van der Waals surface area contributed by atoms with Crippen molar-refractivity contribution in [2.45, 2.75) is 19.9 Å². The third-order valence-corrected chi connectivity index (χ3v) is 2.32. The van der Waals surface area contributed by atoms with Crippen LogP contribution in [-0.4, -0.2) is 45.0 Å². The number of hydrogen-bond donors (Lipinski definition) is 2. The van der Waals surface area contributed by atoms with Crippen molar-refractivity contribution in [3.8, 4) is 0 Å². The summed E-state index contributed by atoms with van der Waals surface area (Å²) >= 11 is 0. The van der Waals surface area contributed by atoms with E-state index in [1.807, 2.05) is 13.8 Å². The van der Waals surface area contributed by atoms with E-state index in [9.17, 15) is 14.9 Å². The van der Waals surface area contributed by atoms with Gasteiger partial charge in [0, 0.05) is 18.7 Å². The second-order valence-corrected chi connectivity index (χ2v) is 3.83. The van der Waals surface area contributed by atoms with E-state index in [4.69, 9.17) is 5.11 Å². The first-order chi connectivity index (χ1) is 7.97. The van der Waals surface area contributed by atoms with Crippen LogP contribution in [0.5, 0.6) is 0 Å².